The number of anilines is 2. The zero-order valence-electron chi connectivity index (χ0n) is 13.7. The first-order valence-corrected chi connectivity index (χ1v) is 7.34. The Morgan fingerprint density at radius 3 is 2.68 bits per heavy atom. The topological polar surface area (TPSA) is 104 Å². The molecule has 126 valence electrons. The van der Waals surface area contributed by atoms with Gasteiger partial charge in [-0.05, 0) is 30.7 Å². The number of nitrogens with zero attached hydrogens (tertiary/aromatic N) is 2. The highest BCUT2D eigenvalue weighted by Gasteiger charge is 2.15. The highest BCUT2D eigenvalue weighted by molar-refractivity contribution is 6.09. The fraction of sp³-hybridized carbons (Fsp3) is 0.111. The molecule has 0 unspecified atom stereocenters. The summed E-state index contributed by atoms with van der Waals surface area (Å²) in [5.74, 6) is -0.696. The molecule has 25 heavy (non-hydrogen) atoms. The zero-order valence-corrected chi connectivity index (χ0v) is 13.7. The average Bonchev–Trinajstić information content (AvgIpc) is 2.63. The van der Waals surface area contributed by atoms with E-state index in [0.29, 0.717) is 5.82 Å². The van der Waals surface area contributed by atoms with E-state index >= 15 is 0 Å². The van der Waals surface area contributed by atoms with Crippen LogP contribution in [-0.4, -0.2) is 24.0 Å². The highest BCUT2D eigenvalue weighted by Crippen LogP contribution is 2.17. The fourth-order valence-electron chi connectivity index (χ4n) is 2.00. The van der Waals surface area contributed by atoms with Crippen LogP contribution in [0.25, 0.3) is 0 Å². The summed E-state index contributed by atoms with van der Waals surface area (Å²) in [6.45, 7) is 1.85. The number of nitriles is 1. The van der Waals surface area contributed by atoms with Crippen LogP contribution in [0.4, 0.5) is 11.5 Å². The lowest BCUT2D eigenvalue weighted by atomic mass is 10.1. The average molecular weight is 336 g/mol. The summed E-state index contributed by atoms with van der Waals surface area (Å²) in [7, 11) is 1.25. The van der Waals surface area contributed by atoms with E-state index in [1.165, 1.54) is 19.4 Å². The third-order valence-electron chi connectivity index (χ3n) is 3.31. The number of nitrogens with one attached hydrogen (secondary N) is 2. The lowest BCUT2D eigenvalue weighted by molar-refractivity contribution is -0.112. The number of carbonyl (C=O) groups excluding carboxylic acids is 2. The number of esters is 1. The Hall–Kier alpha value is -3.66. The molecule has 0 aliphatic heterocycles. The van der Waals surface area contributed by atoms with Gasteiger partial charge in [0.1, 0.15) is 17.5 Å². The van der Waals surface area contributed by atoms with E-state index in [9.17, 15) is 14.9 Å². The molecule has 0 aliphatic rings. The maximum Gasteiger partial charge on any atom is 0.339 e. The predicted molar refractivity (Wildman–Crippen MR) is 92.7 cm³/mol. The van der Waals surface area contributed by atoms with E-state index in [0.717, 1.165) is 5.56 Å². The molecule has 7 heteroatoms. The third-order valence-corrected chi connectivity index (χ3v) is 3.31. The number of para-hydroxylation sites is 1. The summed E-state index contributed by atoms with van der Waals surface area (Å²) in [4.78, 5) is 28.1. The molecule has 0 radical (unpaired) electrons. The molecule has 2 rings (SSSR count). The van der Waals surface area contributed by atoms with Gasteiger partial charge in [0, 0.05) is 12.4 Å². The molecule has 0 fully saturated rings. The first-order chi connectivity index (χ1) is 12.1. The van der Waals surface area contributed by atoms with Crippen LogP contribution in [0.2, 0.25) is 0 Å². The van der Waals surface area contributed by atoms with E-state index in [1.807, 2.05) is 19.1 Å². The van der Waals surface area contributed by atoms with Crippen LogP contribution >= 0.6 is 0 Å². The summed E-state index contributed by atoms with van der Waals surface area (Å²) >= 11 is 0. The van der Waals surface area contributed by atoms with Crippen molar-refractivity contribution in [3.05, 3.63) is 65.5 Å². The van der Waals surface area contributed by atoms with Gasteiger partial charge in [0.25, 0.3) is 5.91 Å². The van der Waals surface area contributed by atoms with Gasteiger partial charge in [0.05, 0.1) is 18.4 Å². The number of methoxy groups -OCH3 is 1. The van der Waals surface area contributed by atoms with Crippen molar-refractivity contribution in [3.63, 3.8) is 0 Å². The van der Waals surface area contributed by atoms with Crippen molar-refractivity contribution in [3.8, 4) is 6.07 Å². The van der Waals surface area contributed by atoms with E-state index in [2.05, 4.69) is 20.4 Å². The minimum absolute atomic E-state index is 0.162. The number of amides is 1. The van der Waals surface area contributed by atoms with Crippen molar-refractivity contribution in [1.29, 1.82) is 5.26 Å². The van der Waals surface area contributed by atoms with Crippen LogP contribution in [0.3, 0.4) is 0 Å². The van der Waals surface area contributed by atoms with Crippen molar-refractivity contribution >= 4 is 23.4 Å². The molecule has 2 N–H and O–H groups in total. The maximum atomic E-state index is 12.3. The SMILES string of the molecule is COC(=O)c1ccccc1NC(=O)/C(C#N)=C\Nc1ncccc1C. The monoisotopic (exact) mass is 336 g/mol. The van der Waals surface area contributed by atoms with Gasteiger partial charge in [-0.1, -0.05) is 18.2 Å². The van der Waals surface area contributed by atoms with Crippen LogP contribution in [0.15, 0.2) is 54.4 Å². The Morgan fingerprint density at radius 1 is 1.24 bits per heavy atom. The second-order valence-corrected chi connectivity index (χ2v) is 4.97. The van der Waals surface area contributed by atoms with Gasteiger partial charge in [-0.2, -0.15) is 5.26 Å². The summed E-state index contributed by atoms with van der Waals surface area (Å²) < 4.78 is 4.67. The van der Waals surface area contributed by atoms with E-state index in [1.54, 1.807) is 30.5 Å². The molecule has 2 aromatic rings. The van der Waals surface area contributed by atoms with Gasteiger partial charge >= 0.3 is 5.97 Å². The standard InChI is InChI=1S/C18H16N4O3/c1-12-6-5-9-20-16(12)21-11-13(10-19)17(23)22-15-8-4-3-7-14(15)18(24)25-2/h3-9,11H,1-2H3,(H,20,21)(H,22,23)/b13-11-. The molecule has 1 aromatic carbocycles. The molecule has 0 spiro atoms. The summed E-state index contributed by atoms with van der Waals surface area (Å²) in [6, 6.07) is 11.8. The Kier molecular flexibility index (Phi) is 5.85. The number of aryl methyl sites for hydroxylation is 1. The first-order valence-electron chi connectivity index (χ1n) is 7.34. The fourth-order valence-corrected chi connectivity index (χ4v) is 2.00. The summed E-state index contributed by atoms with van der Waals surface area (Å²) in [5.41, 5.74) is 1.16. The smallest absolute Gasteiger partial charge is 0.339 e. The van der Waals surface area contributed by atoms with Gasteiger partial charge in [0.2, 0.25) is 0 Å². The largest absolute Gasteiger partial charge is 0.465 e. The summed E-state index contributed by atoms with van der Waals surface area (Å²) in [5, 5.41) is 14.6. The number of carbonyl (C=O) groups is 2. The van der Waals surface area contributed by atoms with Crippen LogP contribution in [0.1, 0.15) is 15.9 Å². The van der Waals surface area contributed by atoms with Crippen LogP contribution in [-0.2, 0) is 9.53 Å². The third kappa shape index (κ3) is 4.42. The molecule has 0 aliphatic carbocycles. The molecular formula is C18H16N4O3. The van der Waals surface area contributed by atoms with Crippen molar-refractivity contribution in [2.75, 3.05) is 17.7 Å². The molecule has 1 aromatic heterocycles. The number of hydrogen-bond donors (Lipinski definition) is 2. The van der Waals surface area contributed by atoms with Crippen LogP contribution < -0.4 is 10.6 Å². The molecule has 1 heterocycles. The lowest BCUT2D eigenvalue weighted by Crippen LogP contribution is -2.17. The van der Waals surface area contributed by atoms with Gasteiger partial charge in [-0.3, -0.25) is 4.79 Å². The molecule has 0 saturated carbocycles. The number of benzene rings is 1. The number of ether oxygens (including phenoxy) is 1. The minimum Gasteiger partial charge on any atom is -0.465 e. The Morgan fingerprint density at radius 2 is 2.00 bits per heavy atom. The minimum atomic E-state index is -0.653. The van der Waals surface area contributed by atoms with Gasteiger partial charge in [0.15, 0.2) is 0 Å². The van der Waals surface area contributed by atoms with E-state index in [-0.39, 0.29) is 16.8 Å². The maximum absolute atomic E-state index is 12.3. The Labute approximate surface area is 145 Å². The summed E-state index contributed by atoms with van der Waals surface area (Å²) in [6.07, 6.45) is 2.87. The molecule has 0 atom stereocenters. The van der Waals surface area contributed by atoms with E-state index in [4.69, 9.17) is 0 Å². The van der Waals surface area contributed by atoms with Gasteiger partial charge < -0.3 is 15.4 Å². The van der Waals surface area contributed by atoms with Crippen molar-refractivity contribution in [2.45, 2.75) is 6.92 Å². The molecule has 1 amide bonds. The Bertz CT molecular complexity index is 869. The highest BCUT2D eigenvalue weighted by atomic mass is 16.5. The first kappa shape index (κ1) is 17.7. The number of pyridine rings is 1. The van der Waals surface area contributed by atoms with Crippen LogP contribution in [0.5, 0.6) is 0 Å². The second-order valence-electron chi connectivity index (χ2n) is 4.97. The normalized spacial score (nSPS) is 10.5. The molecule has 0 bridgehead atoms. The van der Waals surface area contributed by atoms with Crippen molar-refractivity contribution in [1.82, 2.24) is 4.98 Å². The second kappa shape index (κ2) is 8.26. The molecular weight excluding hydrogens is 320 g/mol. The lowest BCUT2D eigenvalue weighted by Gasteiger charge is -2.09. The molecule has 7 nitrogen and oxygen atoms in total. The molecule has 0 saturated heterocycles. The number of rotatable bonds is 5. The number of hydrogen-bond acceptors (Lipinski definition) is 6. The van der Waals surface area contributed by atoms with Gasteiger partial charge in [-0.15, -0.1) is 0 Å². The van der Waals surface area contributed by atoms with Crippen molar-refractivity contribution in [2.24, 2.45) is 0 Å². The van der Waals surface area contributed by atoms with Gasteiger partial charge in [-0.25, -0.2) is 9.78 Å². The van der Waals surface area contributed by atoms with Crippen molar-refractivity contribution < 1.29 is 14.3 Å². The van der Waals surface area contributed by atoms with Crippen LogP contribution in [0, 0.1) is 18.3 Å². The zero-order chi connectivity index (χ0) is 18.2. The Balaban J connectivity index is 2.19. The number of aromatic nitrogens is 1. The quantitative estimate of drug-likeness (QED) is 0.494. The predicted octanol–water partition coefficient (Wildman–Crippen LogP) is 2.63. The van der Waals surface area contributed by atoms with E-state index < -0.39 is 11.9 Å².